The summed E-state index contributed by atoms with van der Waals surface area (Å²) >= 11 is 5.16. The van der Waals surface area contributed by atoms with Gasteiger partial charge in [0.1, 0.15) is 0 Å². The van der Waals surface area contributed by atoms with E-state index < -0.39 is 0 Å². The van der Waals surface area contributed by atoms with Crippen LogP contribution in [0.15, 0.2) is 24.4 Å². The maximum absolute atomic E-state index is 5.16. The first kappa shape index (κ1) is 13.9. The lowest BCUT2D eigenvalue weighted by atomic mass is 10.3. The Balaban J connectivity index is 2.16. The number of pyridine rings is 1. The van der Waals surface area contributed by atoms with Crippen LogP contribution in [0, 0.1) is 0 Å². The molecular formula is C12H19N3OS. The molecule has 17 heavy (non-hydrogen) atoms. The highest BCUT2D eigenvalue weighted by atomic mass is 32.1. The molecule has 0 saturated carbocycles. The second-order valence-electron chi connectivity index (χ2n) is 3.83. The van der Waals surface area contributed by atoms with Crippen LogP contribution in [0.3, 0.4) is 0 Å². The molecule has 0 amide bonds. The van der Waals surface area contributed by atoms with Crippen molar-refractivity contribution in [2.75, 3.05) is 20.3 Å². The van der Waals surface area contributed by atoms with E-state index in [9.17, 15) is 0 Å². The van der Waals surface area contributed by atoms with E-state index >= 15 is 0 Å². The van der Waals surface area contributed by atoms with Crippen LogP contribution < -0.4 is 10.6 Å². The van der Waals surface area contributed by atoms with Crippen LogP contribution in [0.1, 0.15) is 12.6 Å². The molecule has 1 aromatic heterocycles. The molecule has 1 rings (SSSR count). The van der Waals surface area contributed by atoms with Crippen LogP contribution in [-0.2, 0) is 11.2 Å². The number of rotatable bonds is 6. The Morgan fingerprint density at radius 1 is 1.53 bits per heavy atom. The summed E-state index contributed by atoms with van der Waals surface area (Å²) < 4.78 is 5.02. The molecule has 0 spiro atoms. The highest BCUT2D eigenvalue weighted by Crippen LogP contribution is 1.93. The van der Waals surface area contributed by atoms with E-state index in [2.05, 4.69) is 15.6 Å². The molecule has 5 heteroatoms. The lowest BCUT2D eigenvalue weighted by Gasteiger charge is -2.15. The van der Waals surface area contributed by atoms with Gasteiger partial charge in [-0.3, -0.25) is 4.98 Å². The Labute approximate surface area is 108 Å². The molecule has 1 atom stereocenters. The number of hydrogen-bond donors (Lipinski definition) is 2. The summed E-state index contributed by atoms with van der Waals surface area (Å²) in [5.74, 6) is 0. The van der Waals surface area contributed by atoms with E-state index in [-0.39, 0.29) is 6.04 Å². The third kappa shape index (κ3) is 6.19. The van der Waals surface area contributed by atoms with Gasteiger partial charge in [0.2, 0.25) is 0 Å². The standard InChI is InChI=1S/C12H19N3OS/c1-10(9-16-2)15-12(17)14-8-6-11-5-3-4-7-13-11/h3-5,7,10H,6,8-9H2,1-2H3,(H2,14,15,17). The molecule has 94 valence electrons. The zero-order chi connectivity index (χ0) is 12.5. The van der Waals surface area contributed by atoms with Crippen molar-refractivity contribution < 1.29 is 4.74 Å². The Kier molecular flexibility index (Phi) is 6.50. The normalized spacial score (nSPS) is 11.9. The number of nitrogens with zero attached hydrogens (tertiary/aromatic N) is 1. The van der Waals surface area contributed by atoms with Gasteiger partial charge in [-0.25, -0.2) is 0 Å². The first-order valence-electron chi connectivity index (χ1n) is 5.65. The van der Waals surface area contributed by atoms with Crippen LogP contribution in [-0.4, -0.2) is 36.4 Å². The first-order chi connectivity index (χ1) is 8.22. The maximum atomic E-state index is 5.16. The fourth-order valence-corrected chi connectivity index (χ4v) is 1.72. The Hall–Kier alpha value is -1.20. The molecule has 0 aliphatic rings. The first-order valence-corrected chi connectivity index (χ1v) is 6.06. The smallest absolute Gasteiger partial charge is 0.166 e. The van der Waals surface area contributed by atoms with Gasteiger partial charge in [0.05, 0.1) is 6.61 Å². The average Bonchev–Trinajstić information content (AvgIpc) is 2.30. The van der Waals surface area contributed by atoms with Gasteiger partial charge in [0.25, 0.3) is 0 Å². The Bertz CT molecular complexity index is 332. The fourth-order valence-electron chi connectivity index (χ4n) is 1.42. The third-order valence-corrected chi connectivity index (χ3v) is 2.45. The SMILES string of the molecule is COCC(C)NC(=S)NCCc1ccccn1. The van der Waals surface area contributed by atoms with Crippen LogP contribution in [0.4, 0.5) is 0 Å². The largest absolute Gasteiger partial charge is 0.383 e. The summed E-state index contributed by atoms with van der Waals surface area (Å²) in [6, 6.07) is 6.12. The number of ether oxygens (including phenoxy) is 1. The van der Waals surface area contributed by atoms with E-state index in [0.29, 0.717) is 11.7 Å². The number of methoxy groups -OCH3 is 1. The second kappa shape index (κ2) is 7.97. The summed E-state index contributed by atoms with van der Waals surface area (Å²) in [6.45, 7) is 3.45. The van der Waals surface area contributed by atoms with Gasteiger partial charge >= 0.3 is 0 Å². The monoisotopic (exact) mass is 253 g/mol. The average molecular weight is 253 g/mol. The Morgan fingerprint density at radius 3 is 3.00 bits per heavy atom. The quantitative estimate of drug-likeness (QED) is 0.744. The highest BCUT2D eigenvalue weighted by molar-refractivity contribution is 7.80. The van der Waals surface area contributed by atoms with E-state index in [4.69, 9.17) is 17.0 Å². The molecule has 1 aromatic rings. The minimum Gasteiger partial charge on any atom is -0.383 e. The molecule has 2 N–H and O–H groups in total. The van der Waals surface area contributed by atoms with Crippen molar-refractivity contribution >= 4 is 17.3 Å². The van der Waals surface area contributed by atoms with Gasteiger partial charge in [0, 0.05) is 38.0 Å². The van der Waals surface area contributed by atoms with Crippen molar-refractivity contribution in [2.24, 2.45) is 0 Å². The second-order valence-corrected chi connectivity index (χ2v) is 4.24. The van der Waals surface area contributed by atoms with Crippen molar-refractivity contribution in [3.8, 4) is 0 Å². The van der Waals surface area contributed by atoms with E-state index in [1.807, 2.05) is 25.1 Å². The molecule has 0 aliphatic carbocycles. The van der Waals surface area contributed by atoms with Crippen molar-refractivity contribution in [1.29, 1.82) is 0 Å². The predicted molar refractivity (Wildman–Crippen MR) is 73.0 cm³/mol. The molecular weight excluding hydrogens is 234 g/mol. The molecule has 0 aromatic carbocycles. The molecule has 0 bridgehead atoms. The Morgan fingerprint density at radius 2 is 2.35 bits per heavy atom. The maximum Gasteiger partial charge on any atom is 0.166 e. The molecule has 0 fully saturated rings. The van der Waals surface area contributed by atoms with Crippen molar-refractivity contribution in [2.45, 2.75) is 19.4 Å². The third-order valence-electron chi connectivity index (χ3n) is 2.19. The molecule has 1 heterocycles. The minimum absolute atomic E-state index is 0.217. The van der Waals surface area contributed by atoms with Crippen LogP contribution in [0.25, 0.3) is 0 Å². The van der Waals surface area contributed by atoms with Gasteiger partial charge in [-0.05, 0) is 31.3 Å². The topological polar surface area (TPSA) is 46.2 Å². The number of thiocarbonyl (C=S) groups is 1. The lowest BCUT2D eigenvalue weighted by molar-refractivity contribution is 0.179. The summed E-state index contributed by atoms with van der Waals surface area (Å²) in [5, 5.41) is 6.95. The predicted octanol–water partition coefficient (Wildman–Crippen LogP) is 1.12. The molecule has 0 saturated heterocycles. The zero-order valence-corrected chi connectivity index (χ0v) is 11.1. The summed E-state index contributed by atoms with van der Waals surface area (Å²) in [7, 11) is 1.68. The summed E-state index contributed by atoms with van der Waals surface area (Å²) in [5.41, 5.74) is 1.06. The van der Waals surface area contributed by atoms with Crippen molar-refractivity contribution in [3.63, 3.8) is 0 Å². The van der Waals surface area contributed by atoms with Gasteiger partial charge in [0.15, 0.2) is 5.11 Å². The van der Waals surface area contributed by atoms with Crippen molar-refractivity contribution in [3.05, 3.63) is 30.1 Å². The minimum atomic E-state index is 0.217. The van der Waals surface area contributed by atoms with Crippen molar-refractivity contribution in [1.82, 2.24) is 15.6 Å². The summed E-state index contributed by atoms with van der Waals surface area (Å²) in [4.78, 5) is 4.24. The highest BCUT2D eigenvalue weighted by Gasteiger charge is 2.02. The van der Waals surface area contributed by atoms with Gasteiger partial charge in [-0.1, -0.05) is 6.07 Å². The lowest BCUT2D eigenvalue weighted by Crippen LogP contribution is -2.43. The zero-order valence-electron chi connectivity index (χ0n) is 10.3. The van der Waals surface area contributed by atoms with E-state index in [0.717, 1.165) is 18.7 Å². The molecule has 0 aliphatic heterocycles. The van der Waals surface area contributed by atoms with Crippen LogP contribution in [0.5, 0.6) is 0 Å². The summed E-state index contributed by atoms with van der Waals surface area (Å²) in [6.07, 6.45) is 2.66. The van der Waals surface area contributed by atoms with E-state index in [1.165, 1.54) is 0 Å². The molecule has 0 radical (unpaired) electrons. The van der Waals surface area contributed by atoms with Gasteiger partial charge in [-0.15, -0.1) is 0 Å². The van der Waals surface area contributed by atoms with Crippen LogP contribution >= 0.6 is 12.2 Å². The van der Waals surface area contributed by atoms with Gasteiger partial charge < -0.3 is 15.4 Å². The number of nitrogens with one attached hydrogen (secondary N) is 2. The molecule has 4 nitrogen and oxygen atoms in total. The molecule has 1 unspecified atom stereocenters. The number of aromatic nitrogens is 1. The van der Waals surface area contributed by atoms with Crippen LogP contribution in [0.2, 0.25) is 0 Å². The number of hydrogen-bond acceptors (Lipinski definition) is 3. The fraction of sp³-hybridized carbons (Fsp3) is 0.500. The van der Waals surface area contributed by atoms with E-state index in [1.54, 1.807) is 13.3 Å². The van der Waals surface area contributed by atoms with Gasteiger partial charge in [-0.2, -0.15) is 0 Å².